The third kappa shape index (κ3) is 28.5. The molecule has 0 saturated carbocycles. The Morgan fingerprint density at radius 3 is 1.05 bits per heavy atom. The maximum Gasteiger partial charge on any atom is 0.305 e. The highest BCUT2D eigenvalue weighted by atomic mass is 16.7. The number of hydrogen-bond donors (Lipinski definition) is 3. The molecule has 46 nitrogen and oxygen atoms in total. The first-order valence-corrected chi connectivity index (χ1v) is 40.6. The molecule has 0 bridgehead atoms. The van der Waals surface area contributed by atoms with Crippen molar-refractivity contribution in [1.82, 2.24) is 110 Å². The molecule has 0 radical (unpaired) electrons. The van der Waals surface area contributed by atoms with Crippen LogP contribution in [0.25, 0.3) is 10.4 Å². The number of esters is 5. The molecule has 0 amide bonds. The Hall–Kier alpha value is -12.5. The zero-order valence-electron chi connectivity index (χ0n) is 73.9. The summed E-state index contributed by atoms with van der Waals surface area (Å²) in [7, 11) is 7.19. The molecule has 12 heterocycles. The molecule has 5 unspecified atom stereocenters. The number of aliphatic hydroxyl groups is 3. The van der Waals surface area contributed by atoms with Gasteiger partial charge < -0.3 is 77.4 Å². The van der Waals surface area contributed by atoms with E-state index < -0.39 is 92.5 Å². The van der Waals surface area contributed by atoms with E-state index in [1.54, 1.807) is 78.1 Å². The van der Waals surface area contributed by atoms with E-state index in [2.05, 4.69) is 112 Å². The van der Waals surface area contributed by atoms with Crippen LogP contribution in [0.4, 0.5) is 17.5 Å². The van der Waals surface area contributed by atoms with Crippen LogP contribution in [0.3, 0.4) is 0 Å². The lowest BCUT2D eigenvalue weighted by atomic mass is 9.98. The number of terminal acetylenes is 5. The van der Waals surface area contributed by atoms with Crippen LogP contribution in [0, 0.1) is 85.4 Å². The van der Waals surface area contributed by atoms with Crippen molar-refractivity contribution in [3.8, 4) is 61.7 Å². The molecule has 12 rings (SSSR count). The van der Waals surface area contributed by atoms with Crippen molar-refractivity contribution in [2.75, 3.05) is 54.0 Å². The zero-order chi connectivity index (χ0) is 92.6. The molecule has 0 spiro atoms. The minimum Gasteiger partial charge on any atom is -0.459 e. The van der Waals surface area contributed by atoms with E-state index in [1.807, 2.05) is 96.6 Å². The molecular weight excluding hydrogens is 1640 g/mol. The summed E-state index contributed by atoms with van der Waals surface area (Å²) in [5, 5.41) is 90.5. The lowest BCUT2D eigenvalue weighted by Crippen LogP contribution is -2.33. The number of carbonyl (C=O) groups is 5. The number of aromatic nitrogens is 21. The van der Waals surface area contributed by atoms with Crippen LogP contribution in [-0.4, -0.2) is 274 Å². The van der Waals surface area contributed by atoms with Gasteiger partial charge in [-0.1, -0.05) is 127 Å². The van der Waals surface area contributed by atoms with E-state index in [9.17, 15) is 39.3 Å². The molecule has 0 aromatic carbocycles. The smallest absolute Gasteiger partial charge is 0.305 e. The third-order valence-corrected chi connectivity index (χ3v) is 20.3. The van der Waals surface area contributed by atoms with Crippen LogP contribution in [0.2, 0.25) is 0 Å². The van der Waals surface area contributed by atoms with Crippen LogP contribution in [0.1, 0.15) is 157 Å². The number of aliphatic hydroxyl groups excluding tert-OH is 3. The number of carbonyl (C=O) groups excluding carboxylic acids is 5. The number of azide groups is 1. The summed E-state index contributed by atoms with van der Waals surface area (Å²) in [6.07, 6.45) is 32.7. The summed E-state index contributed by atoms with van der Waals surface area (Å²) in [6.45, 7) is 26.1. The minimum atomic E-state index is -1.24. The standard InChI is InChI=1S/C19H28N10O3.C17H22N4O3.C15H22N10O4.C11H18O5.C9H15N3O3.C9H9N/c1-6-16-12(2)18(31-13(3)30)19(32-16)29-11-17(22-25-29)28(9-14-7-26(4)23-20-14)10-15-8-27(5)24-21-15;1-6-9-20(10-7-2)15-11-21(19-18-15)17-16(23-13(5)22)12(4)14(8-3)24-17;1-22-3-9(16-19-22)5-24(6-10-4-23(2)20-17-10)12-7-25(21-18-12)15-14(28)13(27)11(8-26)29-15;1-5-9-6(2)10(14-7(3)12)11(16-9)15-8(4)13;1-4-7-5(2)8(14-6(3)13)9(15-7)11-12-10;1-4-7-10(8-5-2)9-6-3/h7-8,11-12,16,18-19H,6,9-10H2,1-5H3;1-2,11-12,14,16-17H,8-10H2,3-5H3;3-4,7,11,13-15,26-28H,5-6,8H2,1-2H3;6,9-11H,5H2,1-4H3;5,7-9H,4H2,1-3H3;1-3H,7-9H2/t12?,16-,18+,19-;12?,14-,16+,17-;11-,13?,14+,15-;6?,9-,10+,11+;5?,7-,8+,9-;/m11111./s1. The van der Waals surface area contributed by atoms with Gasteiger partial charge in [-0.05, 0) is 31.2 Å². The fourth-order valence-electron chi connectivity index (χ4n) is 14.3. The molecule has 3 N–H and O–H groups in total. The Bertz CT molecular complexity index is 4750. The number of nitrogens with zero attached hydrogens (tertiary/aromatic N) is 28. The predicted octanol–water partition coefficient (Wildman–Crippen LogP) is 2.64. The molecule has 20 atom stereocenters. The molecule has 5 saturated heterocycles. The summed E-state index contributed by atoms with van der Waals surface area (Å²) < 4.78 is 65.9. The second-order valence-electron chi connectivity index (χ2n) is 30.1. The first-order valence-electron chi connectivity index (χ1n) is 40.6. The van der Waals surface area contributed by atoms with Crippen molar-refractivity contribution < 1.29 is 86.7 Å². The van der Waals surface area contributed by atoms with Crippen LogP contribution in [0.15, 0.2) is 48.5 Å². The summed E-state index contributed by atoms with van der Waals surface area (Å²) in [4.78, 5) is 66.0. The predicted molar refractivity (Wildman–Crippen MR) is 446 cm³/mol. The van der Waals surface area contributed by atoms with E-state index in [-0.39, 0.29) is 66.0 Å². The van der Waals surface area contributed by atoms with Crippen molar-refractivity contribution in [1.29, 1.82) is 0 Å². The highest BCUT2D eigenvalue weighted by Crippen LogP contribution is 2.40. The lowest BCUT2D eigenvalue weighted by Gasteiger charge is -2.21. The van der Waals surface area contributed by atoms with Crippen molar-refractivity contribution >= 4 is 47.3 Å². The van der Waals surface area contributed by atoms with E-state index in [4.69, 9.17) is 85.0 Å². The van der Waals surface area contributed by atoms with Crippen molar-refractivity contribution in [2.24, 2.45) is 57.0 Å². The average Bonchev–Trinajstić information content (AvgIpc) is 1.65. The Balaban J connectivity index is 0.000000215. The van der Waals surface area contributed by atoms with Gasteiger partial charge >= 0.3 is 29.8 Å². The molecule has 5 fully saturated rings. The molecule has 682 valence electrons. The summed E-state index contributed by atoms with van der Waals surface area (Å²) in [5.74, 6) is 12.4. The van der Waals surface area contributed by atoms with Gasteiger partial charge in [-0.25, -0.2) is 14.0 Å². The molecule has 7 aromatic rings. The van der Waals surface area contributed by atoms with Gasteiger partial charge in [0.25, 0.3) is 0 Å². The first-order chi connectivity index (χ1) is 60.2. The number of rotatable bonds is 30. The summed E-state index contributed by atoms with van der Waals surface area (Å²) in [5.41, 5.74) is 11.4. The molecule has 5 aliphatic rings. The van der Waals surface area contributed by atoms with Gasteiger partial charge in [0.05, 0.1) is 109 Å². The van der Waals surface area contributed by atoms with Crippen LogP contribution in [0.5, 0.6) is 0 Å². The van der Waals surface area contributed by atoms with Crippen LogP contribution >= 0.6 is 0 Å². The summed E-state index contributed by atoms with van der Waals surface area (Å²) >= 11 is 0. The van der Waals surface area contributed by atoms with E-state index >= 15 is 0 Å². The minimum absolute atomic E-state index is 0.0143. The highest BCUT2D eigenvalue weighted by molar-refractivity contribution is 5.68. The maximum atomic E-state index is 11.7. The van der Waals surface area contributed by atoms with Crippen molar-refractivity contribution in [3.63, 3.8) is 0 Å². The largest absolute Gasteiger partial charge is 0.459 e. The number of aryl methyl sites for hydroxylation is 4. The lowest BCUT2D eigenvalue weighted by molar-refractivity contribution is -0.194. The van der Waals surface area contributed by atoms with Gasteiger partial charge in [-0.15, -0.1) is 67.8 Å². The molecule has 7 aromatic heterocycles. The van der Waals surface area contributed by atoms with Gasteiger partial charge in [0.2, 0.25) is 6.29 Å². The second kappa shape index (κ2) is 49.2. The fraction of sp³-hybridized carbons (Fsp3) is 0.637. The zero-order valence-corrected chi connectivity index (χ0v) is 73.9. The molecule has 46 heteroatoms. The Morgan fingerprint density at radius 1 is 0.421 bits per heavy atom. The molecule has 126 heavy (non-hydrogen) atoms. The third-order valence-electron chi connectivity index (χ3n) is 20.3. The van der Waals surface area contributed by atoms with Gasteiger partial charge in [0.1, 0.15) is 47.2 Å². The molecule has 5 aliphatic heterocycles. The van der Waals surface area contributed by atoms with Gasteiger partial charge in [0, 0.05) is 116 Å². The molecular formula is C80H114N28O18. The van der Waals surface area contributed by atoms with E-state index in [0.29, 0.717) is 76.4 Å². The Morgan fingerprint density at radius 2 is 0.730 bits per heavy atom. The second-order valence-corrected chi connectivity index (χ2v) is 30.1. The van der Waals surface area contributed by atoms with Crippen molar-refractivity contribution in [3.05, 3.63) is 76.6 Å². The highest BCUT2D eigenvalue weighted by Gasteiger charge is 2.49. The van der Waals surface area contributed by atoms with E-state index in [0.717, 1.165) is 48.5 Å². The number of ether oxygens (including phenoxy) is 10. The normalized spacial score (nSPS) is 25.3. The summed E-state index contributed by atoms with van der Waals surface area (Å²) in [6, 6.07) is 0. The van der Waals surface area contributed by atoms with Crippen LogP contribution in [-0.2, 0) is 126 Å². The van der Waals surface area contributed by atoms with Crippen LogP contribution < -0.4 is 14.7 Å². The Labute approximate surface area is 730 Å². The average molecular weight is 1760 g/mol. The Kier molecular flexibility index (Phi) is 39.3. The van der Waals surface area contributed by atoms with Gasteiger partial charge in [-0.3, -0.25) is 47.6 Å². The SMILES string of the molecule is C#CCN(CC#C)CC#C.C#CCN(CC#C)c1cn([C@@H]2O[C@H](CC)C(C)[C@@H]2OC(C)=O)nn1.CC[C@H]1O[C@@H](N=[N+]=[N-])[C@@H](OC(C)=O)C1C.CC[C@H]1O[C@@H](n2cc(N(Cc3cn(C)nn3)Cc3cn(C)nn3)nn2)[C@@H](OC(C)=O)C1C.CC[C@H]1O[C@H](OC(C)=O)[C@@H](OC(C)=O)C1C.Cn1cc(CN(Cc2cn(C)nn2)c2cn([C@@H]3O[C@H](CO)C(O)[C@@H]3O)nn2)nn1. The van der Waals surface area contributed by atoms with Gasteiger partial charge in [0.15, 0.2) is 60.7 Å². The number of hydrogen-bond acceptors (Lipinski definition) is 37. The first kappa shape index (κ1) is 101. The quantitative estimate of drug-likeness (QED) is 0.0145. The maximum absolute atomic E-state index is 11.7. The topological polar surface area (TPSA) is 515 Å². The monoisotopic (exact) mass is 1750 g/mol. The van der Waals surface area contributed by atoms with Gasteiger partial charge in [-0.2, -0.15) is 0 Å². The van der Waals surface area contributed by atoms with E-state index in [1.165, 1.54) is 39.3 Å². The fourth-order valence-corrected chi connectivity index (χ4v) is 14.3. The number of anilines is 3. The molecule has 0 aliphatic carbocycles. The van der Waals surface area contributed by atoms with Crippen molar-refractivity contribution in [2.45, 2.75) is 240 Å².